The van der Waals surface area contributed by atoms with Gasteiger partial charge in [0, 0.05) is 18.1 Å². The van der Waals surface area contributed by atoms with E-state index in [2.05, 4.69) is 0 Å². The van der Waals surface area contributed by atoms with Gasteiger partial charge in [-0.05, 0) is 45.1 Å². The highest BCUT2D eigenvalue weighted by atomic mass is 35.5. The molecule has 0 aromatic heterocycles. The maximum Gasteiger partial charge on any atom is 0.257 e. The SMILES string of the molecule is CN(C)C[C@]1(O)CCCN(C(=O)c2ccc(Cl)cc2O)C1. The van der Waals surface area contributed by atoms with Crippen molar-refractivity contribution in [3.05, 3.63) is 28.8 Å². The van der Waals surface area contributed by atoms with E-state index in [1.165, 1.54) is 12.1 Å². The van der Waals surface area contributed by atoms with Crippen LogP contribution in [0.5, 0.6) is 5.75 Å². The number of hydrogen-bond donors (Lipinski definition) is 2. The van der Waals surface area contributed by atoms with Crippen LogP contribution in [0.2, 0.25) is 5.02 Å². The molecule has 1 aromatic rings. The van der Waals surface area contributed by atoms with Gasteiger partial charge in [-0.25, -0.2) is 0 Å². The molecule has 1 fully saturated rings. The minimum Gasteiger partial charge on any atom is -0.507 e. The molecule has 0 aliphatic carbocycles. The predicted octanol–water partition coefficient (Wildman–Crippen LogP) is 1.57. The Morgan fingerprint density at radius 3 is 2.81 bits per heavy atom. The first-order valence-corrected chi connectivity index (χ1v) is 7.33. The minimum atomic E-state index is -0.903. The highest BCUT2D eigenvalue weighted by Gasteiger charge is 2.36. The van der Waals surface area contributed by atoms with E-state index in [0.29, 0.717) is 24.5 Å². The van der Waals surface area contributed by atoms with Crippen molar-refractivity contribution in [2.45, 2.75) is 18.4 Å². The Morgan fingerprint density at radius 1 is 1.48 bits per heavy atom. The van der Waals surface area contributed by atoms with Crippen LogP contribution in [0.25, 0.3) is 0 Å². The topological polar surface area (TPSA) is 64.0 Å². The molecule has 0 unspecified atom stereocenters. The van der Waals surface area contributed by atoms with Gasteiger partial charge in [0.25, 0.3) is 5.91 Å². The fourth-order valence-electron chi connectivity index (χ4n) is 2.86. The van der Waals surface area contributed by atoms with Gasteiger partial charge in [0.05, 0.1) is 17.7 Å². The lowest BCUT2D eigenvalue weighted by atomic mass is 9.92. The van der Waals surface area contributed by atoms with E-state index in [1.807, 2.05) is 19.0 Å². The molecule has 0 spiro atoms. The number of aliphatic hydroxyl groups is 1. The third-order valence-corrected chi connectivity index (χ3v) is 3.88. The Labute approximate surface area is 129 Å². The summed E-state index contributed by atoms with van der Waals surface area (Å²) >= 11 is 5.78. The van der Waals surface area contributed by atoms with Crippen LogP contribution in [-0.4, -0.2) is 65.3 Å². The fraction of sp³-hybridized carbons (Fsp3) is 0.533. The van der Waals surface area contributed by atoms with E-state index in [4.69, 9.17) is 11.6 Å². The molecule has 1 aromatic carbocycles. The molecule has 1 atom stereocenters. The zero-order valence-corrected chi connectivity index (χ0v) is 13.1. The molecule has 6 heteroatoms. The van der Waals surface area contributed by atoms with E-state index < -0.39 is 5.60 Å². The molecule has 1 heterocycles. The number of piperidine rings is 1. The number of phenolic OH excluding ortho intramolecular Hbond substituents is 1. The number of benzene rings is 1. The molecule has 1 amide bonds. The molecule has 2 rings (SSSR count). The Bertz CT molecular complexity index is 536. The first-order chi connectivity index (χ1) is 9.81. The molecule has 1 aliphatic heterocycles. The highest BCUT2D eigenvalue weighted by Crippen LogP contribution is 2.27. The van der Waals surface area contributed by atoms with E-state index in [0.717, 1.165) is 6.42 Å². The van der Waals surface area contributed by atoms with Crippen molar-refractivity contribution in [1.82, 2.24) is 9.80 Å². The lowest BCUT2D eigenvalue weighted by Gasteiger charge is -2.40. The van der Waals surface area contributed by atoms with E-state index >= 15 is 0 Å². The number of aromatic hydroxyl groups is 1. The maximum atomic E-state index is 12.5. The lowest BCUT2D eigenvalue weighted by Crippen LogP contribution is -2.54. The molecule has 116 valence electrons. The molecule has 0 bridgehead atoms. The number of β-amino-alcohol motifs (C(OH)–C–C–N with tert-alkyl or cyclic N) is 1. The van der Waals surface area contributed by atoms with E-state index in [9.17, 15) is 15.0 Å². The number of carbonyl (C=O) groups excluding carboxylic acids is 1. The highest BCUT2D eigenvalue weighted by molar-refractivity contribution is 6.30. The number of likely N-dealkylation sites (N-methyl/N-ethyl adjacent to an activating group) is 1. The average Bonchev–Trinajstić information content (AvgIpc) is 2.36. The summed E-state index contributed by atoms with van der Waals surface area (Å²) in [6, 6.07) is 4.44. The first kappa shape index (κ1) is 16.1. The van der Waals surface area contributed by atoms with E-state index in [-0.39, 0.29) is 23.8 Å². The number of rotatable bonds is 3. The van der Waals surface area contributed by atoms with Crippen LogP contribution >= 0.6 is 11.6 Å². The molecule has 0 radical (unpaired) electrons. The van der Waals surface area contributed by atoms with Gasteiger partial charge in [0.15, 0.2) is 0 Å². The predicted molar refractivity (Wildman–Crippen MR) is 81.8 cm³/mol. The van der Waals surface area contributed by atoms with Crippen molar-refractivity contribution in [2.24, 2.45) is 0 Å². The molecule has 1 saturated heterocycles. The summed E-state index contributed by atoms with van der Waals surface area (Å²) in [7, 11) is 3.79. The minimum absolute atomic E-state index is 0.130. The Balaban J connectivity index is 2.15. The van der Waals surface area contributed by atoms with Crippen molar-refractivity contribution in [1.29, 1.82) is 0 Å². The smallest absolute Gasteiger partial charge is 0.257 e. The fourth-order valence-corrected chi connectivity index (χ4v) is 3.03. The first-order valence-electron chi connectivity index (χ1n) is 6.96. The van der Waals surface area contributed by atoms with Gasteiger partial charge in [-0.2, -0.15) is 0 Å². The third-order valence-electron chi connectivity index (χ3n) is 3.64. The summed E-state index contributed by atoms with van der Waals surface area (Å²) in [4.78, 5) is 16.0. The quantitative estimate of drug-likeness (QED) is 0.889. The van der Waals surface area contributed by atoms with Gasteiger partial charge >= 0.3 is 0 Å². The summed E-state index contributed by atoms with van der Waals surface area (Å²) in [6.45, 7) is 1.35. The summed E-state index contributed by atoms with van der Waals surface area (Å²) in [5.74, 6) is -0.407. The second-order valence-corrected chi connectivity index (χ2v) is 6.39. The number of carbonyl (C=O) groups is 1. The van der Waals surface area contributed by atoms with Gasteiger partial charge in [0.1, 0.15) is 5.75 Å². The van der Waals surface area contributed by atoms with Gasteiger partial charge in [-0.15, -0.1) is 0 Å². The normalized spacial score (nSPS) is 22.6. The van der Waals surface area contributed by atoms with Crippen LogP contribution in [0, 0.1) is 0 Å². The zero-order chi connectivity index (χ0) is 15.6. The number of halogens is 1. The summed E-state index contributed by atoms with van der Waals surface area (Å²) in [5.41, 5.74) is -0.687. The van der Waals surface area contributed by atoms with Gasteiger partial charge in [-0.3, -0.25) is 4.79 Å². The van der Waals surface area contributed by atoms with Crippen LogP contribution < -0.4 is 0 Å². The number of amides is 1. The van der Waals surface area contributed by atoms with Crippen LogP contribution in [0.4, 0.5) is 0 Å². The van der Waals surface area contributed by atoms with Crippen molar-refractivity contribution in [2.75, 3.05) is 33.7 Å². The van der Waals surface area contributed by atoms with Crippen LogP contribution in [0.15, 0.2) is 18.2 Å². The van der Waals surface area contributed by atoms with Crippen LogP contribution in [0.3, 0.4) is 0 Å². The lowest BCUT2D eigenvalue weighted by molar-refractivity contribution is -0.0392. The van der Waals surface area contributed by atoms with Crippen LogP contribution in [-0.2, 0) is 0 Å². The third kappa shape index (κ3) is 3.87. The standard InChI is InChI=1S/C15H21ClN2O3/c1-17(2)9-15(21)6-3-7-18(10-15)14(20)12-5-4-11(16)8-13(12)19/h4-5,8,19,21H,3,6-7,9-10H2,1-2H3/t15-/m1/s1. The average molecular weight is 313 g/mol. The molecule has 21 heavy (non-hydrogen) atoms. The largest absolute Gasteiger partial charge is 0.507 e. The number of nitrogens with zero attached hydrogens (tertiary/aromatic N) is 2. The summed E-state index contributed by atoms with van der Waals surface area (Å²) in [6.07, 6.45) is 1.41. The van der Waals surface area contributed by atoms with Crippen molar-refractivity contribution in [3.63, 3.8) is 0 Å². The van der Waals surface area contributed by atoms with Gasteiger partial charge in [0.2, 0.25) is 0 Å². The molecule has 1 aliphatic rings. The molecule has 5 nitrogen and oxygen atoms in total. The van der Waals surface area contributed by atoms with Gasteiger partial charge < -0.3 is 20.0 Å². The number of hydrogen-bond acceptors (Lipinski definition) is 4. The van der Waals surface area contributed by atoms with Gasteiger partial charge in [-0.1, -0.05) is 11.6 Å². The molecule has 2 N–H and O–H groups in total. The van der Waals surface area contributed by atoms with Crippen molar-refractivity contribution < 1.29 is 15.0 Å². The number of likely N-dealkylation sites (tertiary alicyclic amines) is 1. The molecular formula is C15H21ClN2O3. The summed E-state index contributed by atoms with van der Waals surface area (Å²) < 4.78 is 0. The second kappa shape index (κ2) is 6.22. The van der Waals surface area contributed by atoms with Crippen LogP contribution in [0.1, 0.15) is 23.2 Å². The van der Waals surface area contributed by atoms with Crippen molar-refractivity contribution in [3.8, 4) is 5.75 Å². The maximum absolute atomic E-state index is 12.5. The Hall–Kier alpha value is -1.30. The molecular weight excluding hydrogens is 292 g/mol. The summed E-state index contributed by atoms with van der Waals surface area (Å²) in [5, 5.41) is 20.8. The monoisotopic (exact) mass is 312 g/mol. The Morgan fingerprint density at radius 2 is 2.19 bits per heavy atom. The molecule has 0 saturated carbocycles. The zero-order valence-electron chi connectivity index (χ0n) is 12.3. The second-order valence-electron chi connectivity index (χ2n) is 5.95. The number of phenols is 1. The Kier molecular flexibility index (Phi) is 4.76. The van der Waals surface area contributed by atoms with Crippen molar-refractivity contribution >= 4 is 17.5 Å². The van der Waals surface area contributed by atoms with E-state index in [1.54, 1.807) is 11.0 Å².